The Bertz CT molecular complexity index is 4880. The number of non-ortho nitro benzene ring substituents is 1. The number of nitro benzene ring substituents is 1. The minimum absolute atomic E-state index is 0.0244. The number of rotatable bonds is 18. The number of nitro groups is 1. The van der Waals surface area contributed by atoms with Crippen molar-refractivity contribution in [3.63, 3.8) is 0 Å². The average Bonchev–Trinajstić information content (AvgIpc) is 1.73. The summed E-state index contributed by atoms with van der Waals surface area (Å²) in [6, 6.07) is 30.8. The van der Waals surface area contributed by atoms with E-state index in [1.807, 2.05) is 133 Å². The Hall–Kier alpha value is -12.1. The number of aromatic nitrogens is 10. The molecule has 12 rings (SSSR count). The molecule has 3 N–H and O–H groups in total. The third-order valence-electron chi connectivity index (χ3n) is 16.8. The number of halogens is 9. The second-order valence-electron chi connectivity index (χ2n) is 26.7. The molecule has 0 radical (unpaired) electrons. The predicted octanol–water partition coefficient (Wildman–Crippen LogP) is 16.3. The lowest BCUT2D eigenvalue weighted by Crippen LogP contribution is -2.48. The van der Waals surface area contributed by atoms with Crippen molar-refractivity contribution in [2.75, 3.05) is 13.7 Å². The zero-order valence-corrected chi connectivity index (χ0v) is 59.9. The summed E-state index contributed by atoms with van der Waals surface area (Å²) in [6.07, 6.45) is 5.23. The van der Waals surface area contributed by atoms with Crippen molar-refractivity contribution >= 4 is 64.3 Å². The first-order valence-electron chi connectivity index (χ1n) is 33.4. The molecule has 23 nitrogen and oxygen atoms in total. The van der Waals surface area contributed by atoms with Gasteiger partial charge in [-0.25, -0.2) is 4.79 Å². The van der Waals surface area contributed by atoms with E-state index in [0.717, 1.165) is 82.0 Å². The second kappa shape index (κ2) is 35.6. The van der Waals surface area contributed by atoms with Gasteiger partial charge in [-0.2, -0.15) is 59.9 Å². The Labute approximate surface area is 617 Å². The minimum Gasteiger partial charge on any atom is -0.478 e. The van der Waals surface area contributed by atoms with Crippen molar-refractivity contribution in [2.24, 2.45) is 10.8 Å². The van der Waals surface area contributed by atoms with Gasteiger partial charge < -0.3 is 29.4 Å². The Balaban J connectivity index is 0.000000182. The van der Waals surface area contributed by atoms with Gasteiger partial charge in [-0.05, 0) is 151 Å². The van der Waals surface area contributed by atoms with E-state index < -0.39 is 74.1 Å². The number of nitrogens with one attached hydrogen (secondary N) is 2. The summed E-state index contributed by atoms with van der Waals surface area (Å²) in [4.78, 5) is 65.0. The number of hydrogen-bond donors (Lipinski definition) is 3. The molecule has 6 aromatic heterocycles. The third-order valence-corrected chi connectivity index (χ3v) is 16.8. The fraction of sp³-hybridized carbons (Fsp3) is 0.286. The first-order chi connectivity index (χ1) is 51.5. The van der Waals surface area contributed by atoms with Crippen LogP contribution in [0.1, 0.15) is 122 Å². The molecular weight excluding hydrogens is 1440 g/mol. The van der Waals surface area contributed by atoms with Gasteiger partial charge in [0.1, 0.15) is 18.2 Å². The number of aromatic carboxylic acids is 1. The quantitative estimate of drug-likeness (QED) is 0.0180. The Morgan fingerprint density at radius 3 is 1.61 bits per heavy atom. The number of esters is 2. The fourth-order valence-corrected chi connectivity index (χ4v) is 11.3. The molecule has 1 aliphatic heterocycles. The van der Waals surface area contributed by atoms with Gasteiger partial charge in [0.15, 0.2) is 24.8 Å². The normalized spacial score (nSPS) is 13.9. The van der Waals surface area contributed by atoms with Crippen LogP contribution in [0.25, 0.3) is 50.4 Å². The summed E-state index contributed by atoms with van der Waals surface area (Å²) in [7, 11) is 1.06. The average molecular weight is 1520 g/mol. The molecular formula is C77H75F9N12O11. The maximum Gasteiger partial charge on any atom is 0.416 e. The Kier molecular flexibility index (Phi) is 26.9. The lowest BCUT2D eigenvalue weighted by Gasteiger charge is -2.40. The number of benzene rings is 5. The van der Waals surface area contributed by atoms with Gasteiger partial charge in [-0.15, -0.1) is 10.2 Å². The van der Waals surface area contributed by atoms with Crippen molar-refractivity contribution in [3.8, 4) is 22.3 Å². The van der Waals surface area contributed by atoms with Crippen LogP contribution in [-0.2, 0) is 71.0 Å². The smallest absolute Gasteiger partial charge is 0.416 e. The summed E-state index contributed by atoms with van der Waals surface area (Å²) in [5.41, 5.74) is -1.11. The van der Waals surface area contributed by atoms with Crippen LogP contribution in [0.2, 0.25) is 0 Å². The molecule has 572 valence electrons. The van der Waals surface area contributed by atoms with Crippen molar-refractivity contribution in [1.82, 2.24) is 54.8 Å². The van der Waals surface area contributed by atoms with E-state index in [2.05, 4.69) is 41.0 Å². The molecule has 0 amide bonds. The van der Waals surface area contributed by atoms with Crippen molar-refractivity contribution in [1.29, 1.82) is 0 Å². The van der Waals surface area contributed by atoms with E-state index in [0.29, 0.717) is 48.9 Å². The van der Waals surface area contributed by atoms with Crippen molar-refractivity contribution in [3.05, 3.63) is 249 Å². The second-order valence-corrected chi connectivity index (χ2v) is 26.7. The molecule has 3 atom stereocenters. The molecule has 1 fully saturated rings. The molecule has 0 saturated carbocycles. The maximum absolute atomic E-state index is 13.5. The van der Waals surface area contributed by atoms with Gasteiger partial charge in [0, 0.05) is 89.5 Å². The zero-order chi connectivity index (χ0) is 79.7. The molecule has 109 heavy (non-hydrogen) atoms. The summed E-state index contributed by atoms with van der Waals surface area (Å²) in [5.74, 6) is -1.63. The number of allylic oxidation sites excluding steroid dienone is 1. The number of nitrogens with zero attached hydrogens (tertiary/aromatic N) is 10. The number of ether oxygens (including phenoxy) is 3. The van der Waals surface area contributed by atoms with Crippen LogP contribution in [0.15, 0.2) is 189 Å². The standard InChI is InChI=1S/C24H25N5O3.C22H20F9NO.C15H17N5O2.C9H8O.C7H5NO4/c1-24(2,3)23(31)32-16-28-11-9-19-20(14-25-27-22(19)28)18-13-26-29(15-18)21(10-12-30)17-7-5-4-6-8-17;1-12-6-13(8-15(7-12)20(23,24)25)19(33-2,18-4-3-5-32-18)14-9-16(21(26,27)28)11-17(10-14)22(29,30)31;1-15(2,3)14(21)22-9-20-5-4-11-12(8-18-19-13(11)20)10-6-16-17-7-10;10-8-4-7-9-5-2-1-3-6-9;9-7(10)5-1-3-6(4-2-5)8(11)12/h4-9,11-15,21H,10,16H2,1-3H3;6-11,18,32H,3-5H2,1-2H3;4-8H,9H2,1-3H3,(H,16,17);1-8H;1-4H,(H,9,10)/b;;;7-4+;/t21-;18-,19?;;;/m11.../s1. The number of hydrogen-bond acceptors (Lipinski definition) is 17. The zero-order valence-electron chi connectivity index (χ0n) is 59.9. The van der Waals surface area contributed by atoms with Crippen LogP contribution in [0, 0.1) is 27.9 Å². The fourth-order valence-electron chi connectivity index (χ4n) is 11.3. The van der Waals surface area contributed by atoms with E-state index in [1.54, 1.807) is 50.9 Å². The molecule has 0 spiro atoms. The lowest BCUT2D eigenvalue weighted by molar-refractivity contribution is -0.384. The number of H-pyrrole nitrogens is 1. The van der Waals surface area contributed by atoms with Crippen LogP contribution in [0.4, 0.5) is 45.2 Å². The number of aldehydes is 2. The number of carboxylic acids is 1. The van der Waals surface area contributed by atoms with Crippen LogP contribution >= 0.6 is 0 Å². The number of carboxylic acid groups (broad SMARTS) is 1. The van der Waals surface area contributed by atoms with Gasteiger partial charge in [-0.1, -0.05) is 78.4 Å². The van der Waals surface area contributed by atoms with Gasteiger partial charge in [0.2, 0.25) is 0 Å². The van der Waals surface area contributed by atoms with E-state index in [1.165, 1.54) is 31.2 Å². The largest absolute Gasteiger partial charge is 0.478 e. The first kappa shape index (κ1) is 82.6. The molecule has 1 aliphatic rings. The minimum atomic E-state index is -5.12. The Morgan fingerprint density at radius 2 is 1.16 bits per heavy atom. The summed E-state index contributed by atoms with van der Waals surface area (Å²) in [5, 5.41) is 51.2. The highest BCUT2D eigenvalue weighted by Crippen LogP contribution is 2.46. The number of aromatic amines is 1. The van der Waals surface area contributed by atoms with E-state index in [4.69, 9.17) is 19.3 Å². The number of alkyl halides is 9. The highest BCUT2D eigenvalue weighted by molar-refractivity contribution is 5.93. The number of aryl methyl sites for hydroxylation is 1. The van der Waals surface area contributed by atoms with Gasteiger partial charge in [0.25, 0.3) is 5.69 Å². The van der Waals surface area contributed by atoms with E-state index >= 15 is 0 Å². The van der Waals surface area contributed by atoms with Crippen LogP contribution < -0.4 is 5.32 Å². The van der Waals surface area contributed by atoms with Crippen LogP contribution in [-0.4, -0.2) is 110 Å². The van der Waals surface area contributed by atoms with Gasteiger partial charge in [-0.3, -0.25) is 43.4 Å². The van der Waals surface area contributed by atoms with Crippen molar-refractivity contribution < 1.29 is 87.7 Å². The highest BCUT2D eigenvalue weighted by Gasteiger charge is 2.48. The topological polar surface area (TPSA) is 296 Å². The van der Waals surface area contributed by atoms with Gasteiger partial charge >= 0.3 is 36.4 Å². The monoisotopic (exact) mass is 1510 g/mol. The number of fused-ring (bicyclic) bond motifs is 2. The molecule has 0 bridgehead atoms. The van der Waals surface area contributed by atoms with E-state index in [-0.39, 0.29) is 66.3 Å². The molecule has 7 heterocycles. The van der Waals surface area contributed by atoms with Crippen LogP contribution in [0.3, 0.4) is 0 Å². The number of carbonyl (C=O) groups is 5. The summed E-state index contributed by atoms with van der Waals surface area (Å²) in [6.45, 7) is 12.8. The molecule has 11 aromatic rings. The summed E-state index contributed by atoms with van der Waals surface area (Å²) < 4.78 is 143. The van der Waals surface area contributed by atoms with Crippen LogP contribution in [0.5, 0.6) is 0 Å². The Morgan fingerprint density at radius 1 is 0.661 bits per heavy atom. The maximum atomic E-state index is 13.5. The molecule has 5 aromatic carbocycles. The summed E-state index contributed by atoms with van der Waals surface area (Å²) >= 11 is 0. The number of carbonyl (C=O) groups excluding carboxylic acids is 4. The SMILES string of the molecule is CC(C)(C)C(=O)OCn1ccc2c(-c3cn[nH]c3)cnnc21.CC(C)(C)C(=O)OCn1ccc2c(-c3cnn([C@H](CC=O)c4ccccc4)c3)cnnc21.COC(c1cc(C)cc(C(F)(F)F)c1)(c1cc(C(F)(F)F)cc(C(F)(F)F)c1)[C@H]1CCCN1.O=C(O)c1ccc([N+](=O)[O-])cc1.O=C/C=C/c1ccccc1. The molecule has 1 saturated heterocycles. The third kappa shape index (κ3) is 21.4. The highest BCUT2D eigenvalue weighted by atomic mass is 19.4. The molecule has 1 unspecified atom stereocenters. The number of methoxy groups -OCH3 is 1. The molecule has 0 aliphatic carbocycles. The van der Waals surface area contributed by atoms with Gasteiger partial charge in [0.05, 0.1) is 68.8 Å². The lowest BCUT2D eigenvalue weighted by atomic mass is 9.77. The predicted molar refractivity (Wildman–Crippen MR) is 383 cm³/mol. The van der Waals surface area contributed by atoms with E-state index in [9.17, 15) is 73.6 Å². The molecule has 32 heteroatoms. The first-order valence-corrected chi connectivity index (χ1v) is 33.4. The van der Waals surface area contributed by atoms with Crippen molar-refractivity contribution in [2.45, 2.75) is 117 Å².